The summed E-state index contributed by atoms with van der Waals surface area (Å²) >= 11 is 0. The Morgan fingerprint density at radius 3 is 2.74 bits per heavy atom. The first kappa shape index (κ1) is 18.9. The quantitative estimate of drug-likeness (QED) is 0.825. The van der Waals surface area contributed by atoms with Gasteiger partial charge in [-0.15, -0.1) is 0 Å². The minimum atomic E-state index is -0.118. The first-order valence-corrected chi connectivity index (χ1v) is 9.47. The van der Waals surface area contributed by atoms with Crippen molar-refractivity contribution in [1.29, 1.82) is 0 Å². The van der Waals surface area contributed by atoms with Crippen LogP contribution in [0.1, 0.15) is 28.8 Å². The topological polar surface area (TPSA) is 74.3 Å². The summed E-state index contributed by atoms with van der Waals surface area (Å²) in [5, 5.41) is 5.96. The molecule has 3 amide bonds. The number of hydrogen-bond donors (Lipinski definition) is 2. The number of carbonyl (C=O) groups excluding carboxylic acids is 2. The molecule has 1 aliphatic heterocycles. The van der Waals surface area contributed by atoms with Crippen LogP contribution >= 0.6 is 0 Å². The summed E-state index contributed by atoms with van der Waals surface area (Å²) in [5.41, 5.74) is 1.77. The van der Waals surface area contributed by atoms with Crippen LogP contribution in [0.15, 0.2) is 54.9 Å². The molecular weight excluding hydrogens is 340 g/mol. The average Bonchev–Trinajstić information content (AvgIpc) is 2.73. The average molecular weight is 366 g/mol. The lowest BCUT2D eigenvalue weighted by Crippen LogP contribution is -2.48. The number of urea groups is 1. The summed E-state index contributed by atoms with van der Waals surface area (Å²) in [6.07, 6.45) is 6.00. The van der Waals surface area contributed by atoms with E-state index in [1.807, 2.05) is 23.1 Å². The van der Waals surface area contributed by atoms with Crippen LogP contribution in [0.5, 0.6) is 0 Å². The molecule has 1 saturated heterocycles. The fourth-order valence-corrected chi connectivity index (χ4v) is 3.32. The number of amides is 3. The van der Waals surface area contributed by atoms with Gasteiger partial charge in [0.15, 0.2) is 0 Å². The monoisotopic (exact) mass is 366 g/mol. The third-order valence-electron chi connectivity index (χ3n) is 4.81. The first-order chi connectivity index (χ1) is 13.2. The van der Waals surface area contributed by atoms with Crippen LogP contribution in [-0.2, 0) is 6.42 Å². The van der Waals surface area contributed by atoms with Gasteiger partial charge in [0.05, 0.1) is 5.56 Å². The van der Waals surface area contributed by atoms with Crippen molar-refractivity contribution in [1.82, 2.24) is 20.5 Å². The molecule has 0 spiro atoms. The number of nitrogens with one attached hydrogen (secondary N) is 2. The highest BCUT2D eigenvalue weighted by Gasteiger charge is 2.23. The lowest BCUT2D eigenvalue weighted by molar-refractivity contribution is 0.0937. The zero-order chi connectivity index (χ0) is 18.9. The van der Waals surface area contributed by atoms with Gasteiger partial charge in [0.25, 0.3) is 5.91 Å². The maximum atomic E-state index is 12.4. The first-order valence-electron chi connectivity index (χ1n) is 9.47. The van der Waals surface area contributed by atoms with Gasteiger partial charge in [0.2, 0.25) is 0 Å². The molecule has 2 N–H and O–H groups in total. The van der Waals surface area contributed by atoms with Crippen LogP contribution in [-0.4, -0.2) is 48.0 Å². The highest BCUT2D eigenvalue weighted by atomic mass is 16.2. The highest BCUT2D eigenvalue weighted by Crippen LogP contribution is 2.16. The molecule has 27 heavy (non-hydrogen) atoms. The van der Waals surface area contributed by atoms with Gasteiger partial charge in [0, 0.05) is 38.6 Å². The molecule has 2 aromatic rings. The van der Waals surface area contributed by atoms with E-state index in [9.17, 15) is 9.59 Å². The number of rotatable bonds is 6. The summed E-state index contributed by atoms with van der Waals surface area (Å²) in [4.78, 5) is 30.4. The van der Waals surface area contributed by atoms with E-state index < -0.39 is 0 Å². The number of hydrogen-bond acceptors (Lipinski definition) is 3. The summed E-state index contributed by atoms with van der Waals surface area (Å²) in [6, 6.07) is 13.6. The van der Waals surface area contributed by atoms with Crippen molar-refractivity contribution in [2.24, 2.45) is 5.92 Å². The van der Waals surface area contributed by atoms with E-state index in [-0.39, 0.29) is 17.9 Å². The fraction of sp³-hybridized carbons (Fsp3) is 0.381. The molecular formula is C21H26N4O2. The molecule has 142 valence electrons. The standard InChI is InChI=1S/C21H26N4O2/c26-20(19-9-4-11-22-15-19)24-14-18-8-5-13-25(16-18)21(27)23-12-10-17-6-2-1-3-7-17/h1-4,6-7,9,11,15,18H,5,8,10,12-14,16H2,(H,23,27)(H,24,26)/t18-/m1/s1. The van der Waals surface area contributed by atoms with Gasteiger partial charge < -0.3 is 15.5 Å². The van der Waals surface area contributed by atoms with Crippen LogP contribution in [0.25, 0.3) is 0 Å². The Morgan fingerprint density at radius 1 is 1.11 bits per heavy atom. The van der Waals surface area contributed by atoms with Gasteiger partial charge >= 0.3 is 6.03 Å². The fourth-order valence-electron chi connectivity index (χ4n) is 3.32. The molecule has 6 nitrogen and oxygen atoms in total. The molecule has 1 aliphatic rings. The van der Waals surface area contributed by atoms with Crippen molar-refractivity contribution in [3.8, 4) is 0 Å². The van der Waals surface area contributed by atoms with Crippen molar-refractivity contribution >= 4 is 11.9 Å². The van der Waals surface area contributed by atoms with Crippen molar-refractivity contribution in [2.45, 2.75) is 19.3 Å². The lowest BCUT2D eigenvalue weighted by atomic mass is 9.98. The second kappa shape index (κ2) is 9.71. The minimum absolute atomic E-state index is 0.0192. The van der Waals surface area contributed by atoms with Crippen LogP contribution in [0, 0.1) is 5.92 Å². The number of piperidine rings is 1. The third-order valence-corrected chi connectivity index (χ3v) is 4.81. The molecule has 1 aromatic heterocycles. The van der Waals surface area contributed by atoms with Crippen LogP contribution in [0.4, 0.5) is 4.79 Å². The zero-order valence-electron chi connectivity index (χ0n) is 15.4. The van der Waals surface area contributed by atoms with Gasteiger partial charge in [-0.25, -0.2) is 4.79 Å². The Bertz CT molecular complexity index is 736. The van der Waals surface area contributed by atoms with Gasteiger partial charge in [-0.3, -0.25) is 9.78 Å². The normalized spacial score (nSPS) is 16.6. The second-order valence-corrected chi connectivity index (χ2v) is 6.87. The van der Waals surface area contributed by atoms with E-state index in [2.05, 4.69) is 27.8 Å². The number of carbonyl (C=O) groups is 2. The maximum Gasteiger partial charge on any atom is 0.317 e. The van der Waals surface area contributed by atoms with E-state index in [0.717, 1.165) is 25.8 Å². The maximum absolute atomic E-state index is 12.4. The smallest absolute Gasteiger partial charge is 0.317 e. The summed E-state index contributed by atoms with van der Waals surface area (Å²) in [5.74, 6) is 0.159. The van der Waals surface area contributed by atoms with Crippen LogP contribution < -0.4 is 10.6 Å². The number of aromatic nitrogens is 1. The number of benzene rings is 1. The molecule has 3 rings (SSSR count). The van der Waals surface area contributed by atoms with Gasteiger partial charge in [-0.2, -0.15) is 0 Å². The Morgan fingerprint density at radius 2 is 1.96 bits per heavy atom. The number of nitrogens with zero attached hydrogens (tertiary/aromatic N) is 2. The molecule has 0 unspecified atom stereocenters. The molecule has 1 aromatic carbocycles. The largest absolute Gasteiger partial charge is 0.352 e. The SMILES string of the molecule is O=C(NC[C@H]1CCCN(C(=O)NCCc2ccccc2)C1)c1cccnc1. The zero-order valence-corrected chi connectivity index (χ0v) is 15.4. The van der Waals surface area contributed by atoms with E-state index in [4.69, 9.17) is 0 Å². The molecule has 0 saturated carbocycles. The molecule has 0 radical (unpaired) electrons. The summed E-state index contributed by atoms with van der Waals surface area (Å²) < 4.78 is 0. The molecule has 0 aliphatic carbocycles. The van der Waals surface area contributed by atoms with E-state index in [0.29, 0.717) is 25.2 Å². The van der Waals surface area contributed by atoms with Crippen molar-refractivity contribution in [2.75, 3.05) is 26.2 Å². The van der Waals surface area contributed by atoms with Crippen LogP contribution in [0.2, 0.25) is 0 Å². The van der Waals surface area contributed by atoms with Crippen molar-refractivity contribution in [3.63, 3.8) is 0 Å². The predicted octanol–water partition coefficient (Wildman–Crippen LogP) is 2.48. The van der Waals surface area contributed by atoms with Crippen molar-refractivity contribution < 1.29 is 9.59 Å². The Hall–Kier alpha value is -2.89. The molecule has 2 heterocycles. The number of pyridine rings is 1. The minimum Gasteiger partial charge on any atom is -0.352 e. The second-order valence-electron chi connectivity index (χ2n) is 6.87. The Kier molecular flexibility index (Phi) is 6.79. The molecule has 6 heteroatoms. The van der Waals surface area contributed by atoms with E-state index in [1.165, 1.54) is 5.56 Å². The Labute approximate surface area is 160 Å². The number of likely N-dealkylation sites (tertiary alicyclic amines) is 1. The highest BCUT2D eigenvalue weighted by molar-refractivity contribution is 5.93. The third kappa shape index (κ3) is 5.81. The summed E-state index contributed by atoms with van der Waals surface area (Å²) in [6.45, 7) is 2.64. The van der Waals surface area contributed by atoms with E-state index in [1.54, 1.807) is 24.5 Å². The van der Waals surface area contributed by atoms with Gasteiger partial charge in [-0.05, 0) is 42.9 Å². The summed E-state index contributed by atoms with van der Waals surface area (Å²) in [7, 11) is 0. The van der Waals surface area contributed by atoms with Crippen molar-refractivity contribution in [3.05, 3.63) is 66.0 Å². The van der Waals surface area contributed by atoms with Gasteiger partial charge in [-0.1, -0.05) is 30.3 Å². The molecule has 1 atom stereocenters. The lowest BCUT2D eigenvalue weighted by Gasteiger charge is -2.33. The molecule has 1 fully saturated rings. The van der Waals surface area contributed by atoms with Crippen LogP contribution in [0.3, 0.4) is 0 Å². The molecule has 0 bridgehead atoms. The predicted molar refractivity (Wildman–Crippen MR) is 104 cm³/mol. The Balaban J connectivity index is 1.40. The van der Waals surface area contributed by atoms with Gasteiger partial charge in [0.1, 0.15) is 0 Å². The van der Waals surface area contributed by atoms with E-state index >= 15 is 0 Å².